The van der Waals surface area contributed by atoms with E-state index in [0.717, 1.165) is 7.11 Å². The van der Waals surface area contributed by atoms with Crippen molar-refractivity contribution in [1.29, 1.82) is 0 Å². The number of nitro groups is 1. The quantitative estimate of drug-likeness (QED) is 0.460. The number of nitrogens with zero attached hydrogens (tertiary/aromatic N) is 3. The highest BCUT2D eigenvalue weighted by molar-refractivity contribution is 6.06. The number of esters is 2. The fourth-order valence-electron chi connectivity index (χ4n) is 2.32. The Morgan fingerprint density at radius 3 is 2.48 bits per heavy atom. The summed E-state index contributed by atoms with van der Waals surface area (Å²) in [4.78, 5) is 35.2. The van der Waals surface area contributed by atoms with Crippen molar-refractivity contribution >= 4 is 17.6 Å². The number of hydrogen-bond acceptors (Lipinski definition) is 8. The lowest BCUT2D eigenvalue weighted by atomic mass is 9.96. The number of benzene rings is 1. The van der Waals surface area contributed by atoms with Gasteiger partial charge in [-0.25, -0.2) is 9.59 Å². The summed E-state index contributed by atoms with van der Waals surface area (Å²) in [5.74, 6) is -1.63. The Bertz CT molecular complexity index is 850. The van der Waals surface area contributed by atoms with Crippen LogP contribution in [0.2, 0.25) is 0 Å². The average molecular weight is 345 g/mol. The molecule has 0 aliphatic carbocycles. The van der Waals surface area contributed by atoms with Gasteiger partial charge in [-0.1, -0.05) is 12.1 Å². The summed E-state index contributed by atoms with van der Waals surface area (Å²) >= 11 is 0. The molecule has 0 spiro atoms. The lowest BCUT2D eigenvalue weighted by Gasteiger charge is -2.14. The van der Waals surface area contributed by atoms with E-state index < -0.39 is 16.9 Å². The van der Waals surface area contributed by atoms with Crippen LogP contribution in [0.4, 0.5) is 5.69 Å². The number of aryl methyl sites for hydroxylation is 1. The minimum Gasteiger partial charge on any atom is -0.464 e. The summed E-state index contributed by atoms with van der Waals surface area (Å²) in [5, 5.41) is 18.9. The fourth-order valence-corrected chi connectivity index (χ4v) is 2.32. The second-order valence-electron chi connectivity index (χ2n) is 4.87. The van der Waals surface area contributed by atoms with E-state index in [4.69, 9.17) is 4.74 Å². The molecule has 2 aromatic rings. The molecule has 0 fully saturated rings. The Morgan fingerprint density at radius 2 is 1.88 bits per heavy atom. The second kappa shape index (κ2) is 7.47. The van der Waals surface area contributed by atoms with Gasteiger partial charge in [-0.05, 0) is 19.9 Å². The molecule has 130 valence electrons. The van der Waals surface area contributed by atoms with Crippen LogP contribution in [-0.4, -0.2) is 40.8 Å². The summed E-state index contributed by atoms with van der Waals surface area (Å²) in [6, 6.07) is 5.71. The van der Waals surface area contributed by atoms with Gasteiger partial charge in [0.2, 0.25) is 0 Å². The maximum Gasteiger partial charge on any atom is 0.359 e. The molecule has 0 amide bonds. The third kappa shape index (κ3) is 3.44. The molecule has 0 aliphatic rings. The van der Waals surface area contributed by atoms with Crippen molar-refractivity contribution in [1.82, 2.24) is 10.2 Å². The number of aromatic nitrogens is 2. The van der Waals surface area contributed by atoms with E-state index in [0.29, 0.717) is 0 Å². The number of carbonyl (C=O) groups is 2. The van der Waals surface area contributed by atoms with Crippen molar-refractivity contribution in [2.75, 3.05) is 13.7 Å². The molecule has 2 rings (SSSR count). The lowest BCUT2D eigenvalue weighted by molar-refractivity contribution is -0.384. The first-order chi connectivity index (χ1) is 11.9. The van der Waals surface area contributed by atoms with Crippen molar-refractivity contribution in [3.63, 3.8) is 0 Å². The molecule has 0 bridgehead atoms. The van der Waals surface area contributed by atoms with E-state index in [1.54, 1.807) is 13.0 Å². The molecule has 0 aliphatic heterocycles. The van der Waals surface area contributed by atoms with Gasteiger partial charge in [-0.2, -0.15) is 5.10 Å². The topological polar surface area (TPSA) is 122 Å². The molecule has 1 heterocycles. The normalized spacial score (nSPS) is 10.2. The summed E-state index contributed by atoms with van der Waals surface area (Å²) in [6.07, 6.45) is 0. The molecule has 0 saturated carbocycles. The highest BCUT2D eigenvalue weighted by atomic mass is 16.6. The molecule has 25 heavy (non-hydrogen) atoms. The first kappa shape index (κ1) is 18.0. The summed E-state index contributed by atoms with van der Waals surface area (Å²) in [6.45, 7) is 3.21. The van der Waals surface area contributed by atoms with Crippen molar-refractivity contribution < 1.29 is 24.0 Å². The van der Waals surface area contributed by atoms with Crippen LogP contribution in [0.5, 0.6) is 0 Å². The van der Waals surface area contributed by atoms with Gasteiger partial charge in [0.05, 0.1) is 35.5 Å². The van der Waals surface area contributed by atoms with Gasteiger partial charge < -0.3 is 9.47 Å². The van der Waals surface area contributed by atoms with Crippen molar-refractivity contribution in [3.8, 4) is 11.1 Å². The Balaban J connectivity index is 2.90. The fraction of sp³-hybridized carbons (Fsp3) is 0.250. The largest absolute Gasteiger partial charge is 0.464 e. The van der Waals surface area contributed by atoms with Crippen LogP contribution in [-0.2, 0) is 9.47 Å². The van der Waals surface area contributed by atoms with Crippen LogP contribution >= 0.6 is 0 Å². The maximum absolute atomic E-state index is 12.4. The molecule has 0 N–H and O–H groups in total. The molecule has 1 aromatic carbocycles. The SMILES string of the molecule is CCOC(=O)c1c(C)nnc(C(=O)OC)c1-c1ccccc1[N+](=O)[O-]. The van der Waals surface area contributed by atoms with Gasteiger partial charge in [-0.3, -0.25) is 10.1 Å². The third-order valence-electron chi connectivity index (χ3n) is 3.38. The van der Waals surface area contributed by atoms with E-state index in [9.17, 15) is 19.7 Å². The molecule has 0 saturated heterocycles. The van der Waals surface area contributed by atoms with E-state index in [1.807, 2.05) is 0 Å². The first-order valence-electron chi connectivity index (χ1n) is 7.28. The van der Waals surface area contributed by atoms with Crippen LogP contribution in [0.1, 0.15) is 33.5 Å². The summed E-state index contributed by atoms with van der Waals surface area (Å²) in [7, 11) is 1.14. The Morgan fingerprint density at radius 1 is 1.20 bits per heavy atom. The smallest absolute Gasteiger partial charge is 0.359 e. The van der Waals surface area contributed by atoms with Gasteiger partial charge in [0.25, 0.3) is 5.69 Å². The molecular weight excluding hydrogens is 330 g/mol. The first-order valence-corrected chi connectivity index (χ1v) is 7.28. The molecule has 9 heteroatoms. The predicted octanol–water partition coefficient (Wildman–Crippen LogP) is 2.32. The monoisotopic (exact) mass is 345 g/mol. The third-order valence-corrected chi connectivity index (χ3v) is 3.38. The van der Waals surface area contributed by atoms with Gasteiger partial charge in [-0.15, -0.1) is 5.10 Å². The van der Waals surface area contributed by atoms with Gasteiger partial charge >= 0.3 is 11.9 Å². The zero-order valence-corrected chi connectivity index (χ0v) is 13.8. The van der Waals surface area contributed by atoms with Crippen LogP contribution in [0.15, 0.2) is 24.3 Å². The summed E-state index contributed by atoms with van der Waals surface area (Å²) in [5.41, 5.74) is -0.457. The molecular formula is C16H15N3O6. The van der Waals surface area contributed by atoms with Crippen LogP contribution in [0.25, 0.3) is 11.1 Å². The van der Waals surface area contributed by atoms with Crippen molar-refractivity contribution in [2.24, 2.45) is 0 Å². The second-order valence-corrected chi connectivity index (χ2v) is 4.87. The zero-order chi connectivity index (χ0) is 18.6. The summed E-state index contributed by atoms with van der Waals surface area (Å²) < 4.78 is 9.68. The van der Waals surface area contributed by atoms with Gasteiger partial charge in [0.1, 0.15) is 0 Å². The number of rotatable bonds is 5. The van der Waals surface area contributed by atoms with Gasteiger partial charge in [0.15, 0.2) is 5.69 Å². The minimum atomic E-state index is -0.869. The number of nitro benzene ring substituents is 1. The average Bonchev–Trinajstić information content (AvgIpc) is 2.60. The number of carbonyl (C=O) groups excluding carboxylic acids is 2. The van der Waals surface area contributed by atoms with Crippen LogP contribution in [0, 0.1) is 17.0 Å². The molecule has 0 atom stereocenters. The highest BCUT2D eigenvalue weighted by Crippen LogP contribution is 2.35. The number of para-hydroxylation sites is 1. The molecule has 1 aromatic heterocycles. The Kier molecular flexibility index (Phi) is 5.38. The van der Waals surface area contributed by atoms with E-state index in [2.05, 4.69) is 14.9 Å². The maximum atomic E-state index is 12.4. The lowest BCUT2D eigenvalue weighted by Crippen LogP contribution is -2.17. The van der Waals surface area contributed by atoms with Gasteiger partial charge in [0, 0.05) is 11.6 Å². The van der Waals surface area contributed by atoms with E-state index in [1.165, 1.54) is 25.1 Å². The molecule has 0 unspecified atom stereocenters. The highest BCUT2D eigenvalue weighted by Gasteiger charge is 2.30. The van der Waals surface area contributed by atoms with Crippen LogP contribution < -0.4 is 0 Å². The van der Waals surface area contributed by atoms with Crippen LogP contribution in [0.3, 0.4) is 0 Å². The number of hydrogen-bond donors (Lipinski definition) is 0. The standard InChI is InChI=1S/C16H15N3O6/c1-4-25-15(20)12-9(2)17-18-14(16(21)24-3)13(12)10-7-5-6-8-11(10)19(22)23/h5-8H,4H2,1-3H3. The zero-order valence-electron chi connectivity index (χ0n) is 13.8. The van der Waals surface area contributed by atoms with Crippen molar-refractivity contribution in [3.05, 3.63) is 51.3 Å². The minimum absolute atomic E-state index is 0.0369. The predicted molar refractivity (Wildman–Crippen MR) is 86.2 cm³/mol. The molecule has 9 nitrogen and oxygen atoms in total. The van der Waals surface area contributed by atoms with Crippen molar-refractivity contribution in [2.45, 2.75) is 13.8 Å². The molecule has 0 radical (unpaired) electrons. The van der Waals surface area contributed by atoms with E-state index in [-0.39, 0.29) is 40.4 Å². The Labute approximate surface area is 142 Å². The Hall–Kier alpha value is -3.36. The number of methoxy groups -OCH3 is 1. The van der Waals surface area contributed by atoms with E-state index >= 15 is 0 Å². The number of ether oxygens (including phenoxy) is 2.